The van der Waals surface area contributed by atoms with E-state index in [2.05, 4.69) is 4.98 Å². The minimum Gasteiger partial charge on any atom is -0.323 e. The van der Waals surface area contributed by atoms with Gasteiger partial charge >= 0.3 is 0 Å². The standard InChI is InChI=1S/C18H16F2N4OS/c1-22-14(8-16(25)23-6-5-21-10-23)15-7-11(9-24(15)18(22)26)17-12(19)3-2-4-13(17)20/h2-6,10-11H,7-9H2,1H3. The summed E-state index contributed by atoms with van der Waals surface area (Å²) >= 11 is 5.47. The van der Waals surface area contributed by atoms with Crippen molar-refractivity contribution in [3.8, 4) is 0 Å². The highest BCUT2D eigenvalue weighted by Gasteiger charge is 2.32. The number of carbonyl (C=O) groups is 1. The summed E-state index contributed by atoms with van der Waals surface area (Å²) in [6.45, 7) is 0.402. The van der Waals surface area contributed by atoms with Gasteiger partial charge in [0, 0.05) is 48.9 Å². The molecular formula is C18H16F2N4OS. The van der Waals surface area contributed by atoms with Gasteiger partial charge in [-0.3, -0.25) is 9.36 Å². The van der Waals surface area contributed by atoms with Gasteiger partial charge in [-0.15, -0.1) is 0 Å². The Hall–Kier alpha value is -2.61. The zero-order valence-electron chi connectivity index (χ0n) is 14.0. The number of rotatable bonds is 3. The van der Waals surface area contributed by atoms with Gasteiger partial charge in [0.2, 0.25) is 5.91 Å². The third kappa shape index (κ3) is 2.61. The number of hydrogen-bond donors (Lipinski definition) is 0. The lowest BCUT2D eigenvalue weighted by molar-refractivity contribution is 0.0911. The molecule has 3 heterocycles. The van der Waals surface area contributed by atoms with E-state index in [4.69, 9.17) is 12.2 Å². The molecule has 8 heteroatoms. The van der Waals surface area contributed by atoms with Crippen molar-refractivity contribution in [2.24, 2.45) is 7.05 Å². The van der Waals surface area contributed by atoms with Crippen LogP contribution < -0.4 is 0 Å². The lowest BCUT2D eigenvalue weighted by Gasteiger charge is -2.13. The number of nitrogens with zero attached hydrogens (tertiary/aromatic N) is 4. The van der Waals surface area contributed by atoms with E-state index in [1.54, 1.807) is 10.8 Å². The number of carbonyl (C=O) groups excluding carboxylic acids is 1. The van der Waals surface area contributed by atoms with Gasteiger partial charge in [-0.05, 0) is 30.8 Å². The Balaban J connectivity index is 1.69. The second-order valence-electron chi connectivity index (χ2n) is 6.42. The summed E-state index contributed by atoms with van der Waals surface area (Å²) in [7, 11) is 1.81. The Labute approximate surface area is 153 Å². The summed E-state index contributed by atoms with van der Waals surface area (Å²) in [6.07, 6.45) is 5.16. The maximum atomic E-state index is 14.2. The van der Waals surface area contributed by atoms with Gasteiger partial charge in [-0.1, -0.05) is 6.07 Å². The largest absolute Gasteiger partial charge is 0.323 e. The number of fused-ring (bicyclic) bond motifs is 1. The van der Waals surface area contributed by atoms with Gasteiger partial charge in [0.15, 0.2) is 4.77 Å². The molecule has 0 bridgehead atoms. The summed E-state index contributed by atoms with van der Waals surface area (Å²) in [4.78, 5) is 16.3. The van der Waals surface area contributed by atoms with Crippen LogP contribution in [0.3, 0.4) is 0 Å². The predicted octanol–water partition coefficient (Wildman–Crippen LogP) is 3.25. The molecule has 2 aromatic heterocycles. The van der Waals surface area contributed by atoms with Crippen molar-refractivity contribution in [1.29, 1.82) is 0 Å². The van der Waals surface area contributed by atoms with Crippen molar-refractivity contribution in [1.82, 2.24) is 18.7 Å². The topological polar surface area (TPSA) is 44.8 Å². The average molecular weight is 374 g/mol. The predicted molar refractivity (Wildman–Crippen MR) is 93.6 cm³/mol. The highest BCUT2D eigenvalue weighted by Crippen LogP contribution is 2.35. The van der Waals surface area contributed by atoms with Crippen molar-refractivity contribution in [2.45, 2.75) is 25.3 Å². The number of halogens is 2. The second-order valence-corrected chi connectivity index (χ2v) is 6.79. The molecule has 1 aliphatic heterocycles. The van der Waals surface area contributed by atoms with Gasteiger partial charge in [0.25, 0.3) is 0 Å². The van der Waals surface area contributed by atoms with Crippen molar-refractivity contribution < 1.29 is 13.6 Å². The maximum absolute atomic E-state index is 14.2. The second kappa shape index (κ2) is 6.28. The molecule has 5 nitrogen and oxygen atoms in total. The molecule has 1 aromatic carbocycles. The molecular weight excluding hydrogens is 358 g/mol. The third-order valence-corrected chi connectivity index (χ3v) is 5.44. The SMILES string of the molecule is Cn1c(CC(=O)n2ccnc2)c2n(c1=S)CC(c1c(F)cccc1F)C2. The normalized spacial score (nSPS) is 16.0. The van der Waals surface area contributed by atoms with Crippen LogP contribution in [-0.2, 0) is 26.4 Å². The smallest absolute Gasteiger partial charge is 0.237 e. The van der Waals surface area contributed by atoms with Crippen molar-refractivity contribution in [3.05, 3.63) is 70.3 Å². The molecule has 0 amide bonds. The molecule has 0 saturated carbocycles. The van der Waals surface area contributed by atoms with Gasteiger partial charge < -0.3 is 9.13 Å². The fourth-order valence-electron chi connectivity index (χ4n) is 3.65. The van der Waals surface area contributed by atoms with Crippen molar-refractivity contribution in [2.75, 3.05) is 0 Å². The van der Waals surface area contributed by atoms with Crippen LogP contribution >= 0.6 is 12.2 Å². The first kappa shape index (κ1) is 16.8. The zero-order valence-corrected chi connectivity index (χ0v) is 14.8. The molecule has 0 radical (unpaired) electrons. The van der Waals surface area contributed by atoms with Crippen molar-refractivity contribution >= 4 is 18.1 Å². The lowest BCUT2D eigenvalue weighted by Crippen LogP contribution is -2.15. The third-order valence-electron chi connectivity index (χ3n) is 4.94. The summed E-state index contributed by atoms with van der Waals surface area (Å²) in [5.74, 6) is -1.57. The fourth-order valence-corrected chi connectivity index (χ4v) is 3.95. The van der Waals surface area contributed by atoms with E-state index in [0.29, 0.717) is 17.7 Å². The van der Waals surface area contributed by atoms with Crippen LogP contribution in [0.1, 0.15) is 27.7 Å². The number of benzene rings is 1. The summed E-state index contributed by atoms with van der Waals surface area (Å²) in [6, 6.07) is 3.89. The van der Waals surface area contributed by atoms with E-state index < -0.39 is 11.6 Å². The summed E-state index contributed by atoms with van der Waals surface area (Å²) in [5, 5.41) is 0. The summed E-state index contributed by atoms with van der Waals surface area (Å²) < 4.78 is 34.0. The molecule has 1 atom stereocenters. The summed E-state index contributed by atoms with van der Waals surface area (Å²) in [5.41, 5.74) is 1.71. The van der Waals surface area contributed by atoms with Crippen LogP contribution in [0.2, 0.25) is 0 Å². The van der Waals surface area contributed by atoms with E-state index >= 15 is 0 Å². The first-order valence-corrected chi connectivity index (χ1v) is 8.60. The van der Waals surface area contributed by atoms with Gasteiger partial charge in [0.1, 0.15) is 18.0 Å². The number of aromatic nitrogens is 4. The zero-order chi connectivity index (χ0) is 18.4. The maximum Gasteiger partial charge on any atom is 0.237 e. The minimum absolute atomic E-state index is 0.0835. The molecule has 0 saturated heterocycles. The molecule has 0 N–H and O–H groups in total. The first-order valence-electron chi connectivity index (χ1n) is 8.19. The molecule has 3 aromatic rings. The van der Waals surface area contributed by atoms with Gasteiger partial charge in [-0.2, -0.15) is 0 Å². The number of imidazole rings is 2. The Morgan fingerprint density at radius 1 is 1.35 bits per heavy atom. The van der Waals surface area contributed by atoms with Crippen molar-refractivity contribution in [3.63, 3.8) is 0 Å². The van der Waals surface area contributed by atoms with Crippen LogP contribution in [0.4, 0.5) is 8.78 Å². The van der Waals surface area contributed by atoms with E-state index in [9.17, 15) is 13.6 Å². The van der Waals surface area contributed by atoms with Gasteiger partial charge in [0.05, 0.1) is 6.42 Å². The number of hydrogen-bond acceptors (Lipinski definition) is 3. The highest BCUT2D eigenvalue weighted by atomic mass is 32.1. The van der Waals surface area contributed by atoms with E-state index in [1.165, 1.54) is 35.3 Å². The van der Waals surface area contributed by atoms with Crippen LogP contribution in [-0.4, -0.2) is 24.6 Å². The van der Waals surface area contributed by atoms with Crippen LogP contribution in [0.25, 0.3) is 0 Å². The van der Waals surface area contributed by atoms with Crippen LogP contribution in [0.15, 0.2) is 36.9 Å². The molecule has 26 heavy (non-hydrogen) atoms. The molecule has 1 aliphatic rings. The minimum atomic E-state index is -0.549. The Kier molecular flexibility index (Phi) is 4.07. The average Bonchev–Trinajstić information content (AvgIpc) is 3.31. The Morgan fingerprint density at radius 3 is 2.73 bits per heavy atom. The Morgan fingerprint density at radius 2 is 2.08 bits per heavy atom. The monoisotopic (exact) mass is 374 g/mol. The highest BCUT2D eigenvalue weighted by molar-refractivity contribution is 7.71. The quantitative estimate of drug-likeness (QED) is 0.661. The molecule has 0 fully saturated rings. The fraction of sp³-hybridized carbons (Fsp3) is 0.278. The lowest BCUT2D eigenvalue weighted by atomic mass is 9.95. The van der Waals surface area contributed by atoms with Crippen LogP contribution in [0.5, 0.6) is 0 Å². The van der Waals surface area contributed by atoms with E-state index in [1.807, 2.05) is 11.6 Å². The molecule has 0 spiro atoms. The molecule has 4 rings (SSSR count). The molecule has 0 aliphatic carbocycles. The first-order chi connectivity index (χ1) is 12.5. The van der Waals surface area contributed by atoms with Crippen LogP contribution in [0, 0.1) is 16.4 Å². The molecule has 134 valence electrons. The van der Waals surface area contributed by atoms with E-state index in [-0.39, 0.29) is 23.8 Å². The Bertz CT molecular complexity index is 1030. The van der Waals surface area contributed by atoms with E-state index in [0.717, 1.165) is 11.4 Å². The van der Waals surface area contributed by atoms with Gasteiger partial charge in [-0.25, -0.2) is 13.8 Å². The molecule has 1 unspecified atom stereocenters.